The number of H-pyrrole nitrogens is 1. The van der Waals surface area contributed by atoms with Gasteiger partial charge in [-0.25, -0.2) is 4.68 Å². The van der Waals surface area contributed by atoms with Crippen LogP contribution in [0, 0.1) is 6.92 Å². The lowest BCUT2D eigenvalue weighted by Crippen LogP contribution is -2.06. The van der Waals surface area contributed by atoms with Crippen LogP contribution in [0.15, 0.2) is 12.3 Å². The second-order valence-electron chi connectivity index (χ2n) is 4.76. The maximum absolute atomic E-state index is 5.87. The molecule has 0 atom stereocenters. The van der Waals surface area contributed by atoms with E-state index in [0.29, 0.717) is 23.4 Å². The first-order valence-electron chi connectivity index (χ1n) is 6.81. The summed E-state index contributed by atoms with van der Waals surface area (Å²) in [6.07, 6.45) is 2.64. The Hall–Kier alpha value is -2.64. The Morgan fingerprint density at radius 1 is 1.38 bits per heavy atom. The first-order valence-corrected chi connectivity index (χ1v) is 6.81. The molecule has 0 aromatic carbocycles. The summed E-state index contributed by atoms with van der Waals surface area (Å²) < 4.78 is 7.54. The Bertz CT molecular complexity index is 761. The Morgan fingerprint density at radius 2 is 2.24 bits per heavy atom. The number of rotatable bonds is 5. The van der Waals surface area contributed by atoms with Crippen LogP contribution in [-0.4, -0.2) is 36.5 Å². The zero-order valence-corrected chi connectivity index (χ0v) is 12.2. The van der Waals surface area contributed by atoms with Gasteiger partial charge in [0.15, 0.2) is 5.65 Å². The zero-order valence-electron chi connectivity index (χ0n) is 12.2. The van der Waals surface area contributed by atoms with Gasteiger partial charge >= 0.3 is 0 Å². The minimum absolute atomic E-state index is 0.454. The average Bonchev–Trinajstić information content (AvgIpc) is 3.03. The van der Waals surface area contributed by atoms with E-state index in [9.17, 15) is 0 Å². The zero-order chi connectivity index (χ0) is 14.8. The third-order valence-electron chi connectivity index (χ3n) is 2.97. The van der Waals surface area contributed by atoms with Crippen molar-refractivity contribution in [2.24, 2.45) is 7.05 Å². The van der Waals surface area contributed by atoms with Crippen molar-refractivity contribution in [2.75, 3.05) is 11.9 Å². The number of aryl methyl sites for hydroxylation is 2. The molecule has 0 saturated heterocycles. The molecule has 0 aliphatic heterocycles. The van der Waals surface area contributed by atoms with Crippen LogP contribution in [0.4, 0.5) is 5.95 Å². The molecule has 110 valence electrons. The molecule has 0 unspecified atom stereocenters. The third-order valence-corrected chi connectivity index (χ3v) is 2.97. The van der Waals surface area contributed by atoms with E-state index in [0.717, 1.165) is 24.0 Å². The lowest BCUT2D eigenvalue weighted by molar-refractivity contribution is 0.420. The largest absolute Gasteiger partial charge is 0.420 e. The first-order chi connectivity index (χ1) is 10.2. The number of hydrogen-bond donors (Lipinski definition) is 2. The summed E-state index contributed by atoms with van der Waals surface area (Å²) in [6.45, 7) is 4.79. The Kier molecular flexibility index (Phi) is 3.43. The van der Waals surface area contributed by atoms with Gasteiger partial charge in [0.2, 0.25) is 17.7 Å². The summed E-state index contributed by atoms with van der Waals surface area (Å²) in [6, 6.07) is 1.85. The van der Waals surface area contributed by atoms with Gasteiger partial charge in [-0.2, -0.15) is 20.2 Å². The van der Waals surface area contributed by atoms with Crippen molar-refractivity contribution in [3.8, 4) is 11.8 Å². The number of anilines is 1. The van der Waals surface area contributed by atoms with E-state index in [2.05, 4.69) is 37.5 Å². The summed E-state index contributed by atoms with van der Waals surface area (Å²) in [4.78, 5) is 8.77. The molecule has 3 aromatic heterocycles. The molecule has 2 N–H and O–H groups in total. The lowest BCUT2D eigenvalue weighted by atomic mass is 10.4. The topological polar surface area (TPSA) is 93.5 Å². The molecule has 0 aliphatic rings. The number of nitrogens with zero attached hydrogens (tertiary/aromatic N) is 5. The van der Waals surface area contributed by atoms with E-state index >= 15 is 0 Å². The molecular formula is C13H17N7O. The van der Waals surface area contributed by atoms with E-state index in [1.54, 1.807) is 10.9 Å². The SMILES string of the molecule is CCCNc1nc(Oc2cc(C)nn2C)c2cn[nH]c2n1. The van der Waals surface area contributed by atoms with Crippen molar-refractivity contribution < 1.29 is 4.74 Å². The predicted molar refractivity (Wildman–Crippen MR) is 78.5 cm³/mol. The van der Waals surface area contributed by atoms with Gasteiger partial charge in [0.25, 0.3) is 0 Å². The van der Waals surface area contributed by atoms with E-state index in [1.807, 2.05) is 20.0 Å². The molecule has 0 radical (unpaired) electrons. The Balaban J connectivity index is 1.99. The van der Waals surface area contributed by atoms with Crippen LogP contribution in [0.25, 0.3) is 11.0 Å². The average molecular weight is 287 g/mol. The highest BCUT2D eigenvalue weighted by molar-refractivity contribution is 5.80. The van der Waals surface area contributed by atoms with Gasteiger partial charge < -0.3 is 10.1 Å². The van der Waals surface area contributed by atoms with Gasteiger partial charge in [-0.1, -0.05) is 6.92 Å². The van der Waals surface area contributed by atoms with E-state index in [4.69, 9.17) is 4.74 Å². The van der Waals surface area contributed by atoms with Crippen molar-refractivity contribution in [2.45, 2.75) is 20.3 Å². The van der Waals surface area contributed by atoms with Crippen molar-refractivity contribution in [1.29, 1.82) is 0 Å². The highest BCUT2D eigenvalue weighted by atomic mass is 16.5. The van der Waals surface area contributed by atoms with Crippen LogP contribution in [-0.2, 0) is 7.05 Å². The molecule has 0 fully saturated rings. The number of hydrogen-bond acceptors (Lipinski definition) is 6. The summed E-state index contributed by atoms with van der Waals surface area (Å²) in [7, 11) is 1.83. The lowest BCUT2D eigenvalue weighted by Gasteiger charge is -2.08. The van der Waals surface area contributed by atoms with Crippen LogP contribution in [0.3, 0.4) is 0 Å². The maximum atomic E-state index is 5.87. The van der Waals surface area contributed by atoms with Gasteiger partial charge in [-0.3, -0.25) is 5.10 Å². The summed E-state index contributed by atoms with van der Waals surface area (Å²) in [5, 5.41) is 15.0. The van der Waals surface area contributed by atoms with Gasteiger partial charge in [0, 0.05) is 19.7 Å². The van der Waals surface area contributed by atoms with Crippen LogP contribution >= 0.6 is 0 Å². The number of aromatic amines is 1. The monoisotopic (exact) mass is 287 g/mol. The fraction of sp³-hybridized carbons (Fsp3) is 0.385. The minimum atomic E-state index is 0.454. The highest BCUT2D eigenvalue weighted by Gasteiger charge is 2.13. The maximum Gasteiger partial charge on any atom is 0.237 e. The first kappa shape index (κ1) is 13.3. The van der Waals surface area contributed by atoms with Crippen molar-refractivity contribution in [1.82, 2.24) is 29.9 Å². The highest BCUT2D eigenvalue weighted by Crippen LogP contribution is 2.27. The van der Waals surface area contributed by atoms with Crippen LogP contribution in [0.5, 0.6) is 11.8 Å². The number of ether oxygens (including phenoxy) is 1. The summed E-state index contributed by atoms with van der Waals surface area (Å²) in [5.41, 5.74) is 1.52. The predicted octanol–water partition coefficient (Wildman–Crippen LogP) is 2.01. The summed E-state index contributed by atoms with van der Waals surface area (Å²) in [5.74, 6) is 1.59. The molecule has 0 aliphatic carbocycles. The van der Waals surface area contributed by atoms with Crippen LogP contribution < -0.4 is 10.1 Å². The third kappa shape index (κ3) is 2.64. The van der Waals surface area contributed by atoms with Gasteiger partial charge in [0.1, 0.15) is 5.39 Å². The van der Waals surface area contributed by atoms with Crippen LogP contribution in [0.2, 0.25) is 0 Å². The van der Waals surface area contributed by atoms with Crippen molar-refractivity contribution >= 4 is 17.0 Å². The van der Waals surface area contributed by atoms with Crippen molar-refractivity contribution in [3.63, 3.8) is 0 Å². The van der Waals surface area contributed by atoms with E-state index in [-0.39, 0.29) is 0 Å². The van der Waals surface area contributed by atoms with Crippen molar-refractivity contribution in [3.05, 3.63) is 18.0 Å². The van der Waals surface area contributed by atoms with Crippen LogP contribution in [0.1, 0.15) is 19.0 Å². The molecule has 3 rings (SSSR count). The molecule has 3 aromatic rings. The smallest absolute Gasteiger partial charge is 0.237 e. The van der Waals surface area contributed by atoms with Gasteiger partial charge in [-0.05, 0) is 13.3 Å². The van der Waals surface area contributed by atoms with E-state index < -0.39 is 0 Å². The van der Waals surface area contributed by atoms with E-state index in [1.165, 1.54) is 0 Å². The number of nitrogens with one attached hydrogen (secondary N) is 2. The second-order valence-corrected chi connectivity index (χ2v) is 4.76. The standard InChI is InChI=1S/C13H17N7O/c1-4-5-14-13-16-11-9(7-15-18-11)12(17-13)21-10-6-8(2)19-20(10)3/h6-7H,4-5H2,1-3H3,(H2,14,15,16,17,18). The van der Waals surface area contributed by atoms with Gasteiger partial charge in [0.05, 0.1) is 11.9 Å². The Labute approximate surface area is 121 Å². The molecule has 8 heteroatoms. The molecule has 0 saturated carbocycles. The minimum Gasteiger partial charge on any atom is -0.420 e. The molecule has 0 spiro atoms. The normalized spacial score (nSPS) is 11.0. The summed E-state index contributed by atoms with van der Waals surface area (Å²) >= 11 is 0. The Morgan fingerprint density at radius 3 is 2.95 bits per heavy atom. The molecule has 0 bridgehead atoms. The quantitative estimate of drug-likeness (QED) is 0.745. The van der Waals surface area contributed by atoms with Gasteiger partial charge in [-0.15, -0.1) is 0 Å². The number of aromatic nitrogens is 6. The molecule has 3 heterocycles. The molecule has 8 nitrogen and oxygen atoms in total. The fourth-order valence-electron chi connectivity index (χ4n) is 1.98. The number of fused-ring (bicyclic) bond motifs is 1. The fourth-order valence-corrected chi connectivity index (χ4v) is 1.98. The second kappa shape index (κ2) is 5.39. The molecule has 21 heavy (non-hydrogen) atoms. The molecule has 0 amide bonds. The molecular weight excluding hydrogens is 270 g/mol.